The van der Waals surface area contributed by atoms with Crippen LogP contribution < -0.4 is 10.2 Å². The van der Waals surface area contributed by atoms with Gasteiger partial charge in [-0.15, -0.1) is 0 Å². The van der Waals surface area contributed by atoms with E-state index in [0.29, 0.717) is 10.9 Å². The molecular weight excluding hydrogens is 396 g/mol. The van der Waals surface area contributed by atoms with Gasteiger partial charge in [0.15, 0.2) is 5.43 Å². The predicted octanol–water partition coefficient (Wildman–Crippen LogP) is 0.344. The molecule has 4 rings (SSSR count). The first kappa shape index (κ1) is 20.3. The Morgan fingerprint density at radius 3 is 2.37 bits per heavy atom. The third kappa shape index (κ3) is 3.76. The molecule has 30 heavy (non-hydrogen) atoms. The van der Waals surface area contributed by atoms with Crippen LogP contribution in [0.4, 0.5) is 0 Å². The van der Waals surface area contributed by atoms with Crippen molar-refractivity contribution in [2.75, 3.05) is 6.61 Å². The monoisotopic (exact) mass is 416 g/mol. The van der Waals surface area contributed by atoms with Crippen LogP contribution in [-0.2, 0) is 4.74 Å². The van der Waals surface area contributed by atoms with Crippen LogP contribution in [0.1, 0.15) is 0 Å². The highest BCUT2D eigenvalue weighted by atomic mass is 16.7. The van der Waals surface area contributed by atoms with E-state index in [1.807, 2.05) is 0 Å². The molecule has 0 aliphatic carbocycles. The van der Waals surface area contributed by atoms with E-state index in [1.54, 1.807) is 24.3 Å². The molecule has 0 bridgehead atoms. The zero-order valence-corrected chi connectivity index (χ0v) is 15.6. The summed E-state index contributed by atoms with van der Waals surface area (Å²) in [5.41, 5.74) is 0.561. The van der Waals surface area contributed by atoms with Gasteiger partial charge in [-0.05, 0) is 36.4 Å². The van der Waals surface area contributed by atoms with Crippen molar-refractivity contribution in [3.8, 4) is 22.8 Å². The molecule has 0 spiro atoms. The first-order valence-corrected chi connectivity index (χ1v) is 9.22. The molecule has 1 aliphatic rings. The van der Waals surface area contributed by atoms with Crippen LogP contribution in [0.5, 0.6) is 11.5 Å². The van der Waals surface area contributed by atoms with E-state index >= 15 is 0 Å². The number of hydrogen-bond acceptors (Lipinski definition) is 9. The summed E-state index contributed by atoms with van der Waals surface area (Å²) in [5, 5.41) is 48.9. The predicted molar refractivity (Wildman–Crippen MR) is 104 cm³/mol. The van der Waals surface area contributed by atoms with Gasteiger partial charge in [-0.2, -0.15) is 0 Å². The number of ether oxygens (including phenoxy) is 2. The van der Waals surface area contributed by atoms with E-state index < -0.39 is 37.3 Å². The van der Waals surface area contributed by atoms with Gasteiger partial charge in [0.2, 0.25) is 6.29 Å². The number of fused-ring (bicyclic) bond motifs is 1. The normalized spacial score (nSPS) is 26.6. The van der Waals surface area contributed by atoms with Crippen molar-refractivity contribution in [3.63, 3.8) is 0 Å². The number of aromatic hydroxyl groups is 1. The molecule has 2 aromatic carbocycles. The fourth-order valence-corrected chi connectivity index (χ4v) is 3.28. The Bertz CT molecular complexity index is 1090. The average Bonchev–Trinajstić information content (AvgIpc) is 2.74. The molecule has 5 N–H and O–H groups in total. The molecule has 0 amide bonds. The Morgan fingerprint density at radius 1 is 0.933 bits per heavy atom. The van der Waals surface area contributed by atoms with Gasteiger partial charge in [0.25, 0.3) is 0 Å². The topological polar surface area (TPSA) is 150 Å². The van der Waals surface area contributed by atoms with Crippen molar-refractivity contribution in [1.29, 1.82) is 0 Å². The number of aliphatic hydroxyl groups is 4. The van der Waals surface area contributed by atoms with Crippen molar-refractivity contribution in [3.05, 3.63) is 58.8 Å². The van der Waals surface area contributed by atoms with Gasteiger partial charge in [-0.3, -0.25) is 4.79 Å². The number of benzene rings is 2. The Labute approximate surface area is 170 Å². The van der Waals surface area contributed by atoms with Crippen LogP contribution in [0.3, 0.4) is 0 Å². The molecule has 1 saturated heterocycles. The molecule has 0 radical (unpaired) electrons. The van der Waals surface area contributed by atoms with E-state index in [4.69, 9.17) is 13.9 Å². The summed E-state index contributed by atoms with van der Waals surface area (Å²) < 4.78 is 16.6. The zero-order chi connectivity index (χ0) is 21.4. The number of phenolic OH excluding ortho intramolecular Hbond substituents is 1. The van der Waals surface area contributed by atoms with E-state index in [-0.39, 0.29) is 28.3 Å². The van der Waals surface area contributed by atoms with Crippen LogP contribution in [0.2, 0.25) is 0 Å². The zero-order valence-electron chi connectivity index (χ0n) is 15.6. The lowest BCUT2D eigenvalue weighted by molar-refractivity contribution is -0.277. The molecular formula is C21H20O9. The highest BCUT2D eigenvalue weighted by Gasteiger charge is 2.44. The maximum atomic E-state index is 12.3. The Balaban J connectivity index is 1.56. The Morgan fingerprint density at radius 2 is 1.67 bits per heavy atom. The van der Waals surface area contributed by atoms with Crippen molar-refractivity contribution in [2.45, 2.75) is 30.7 Å². The SMILES string of the molecule is O=c1cc(-c2ccc(O[C@@H]3OC(CO)[C@@H](O)C(O)C3O)cc2)oc2cc(O)ccc12. The summed E-state index contributed by atoms with van der Waals surface area (Å²) in [7, 11) is 0. The van der Waals surface area contributed by atoms with E-state index in [9.17, 15) is 30.3 Å². The molecule has 3 aromatic rings. The molecule has 5 atom stereocenters. The number of aliphatic hydroxyl groups excluding tert-OH is 4. The molecule has 3 unspecified atom stereocenters. The van der Waals surface area contributed by atoms with E-state index in [2.05, 4.69) is 0 Å². The number of rotatable bonds is 4. The maximum Gasteiger partial charge on any atom is 0.229 e. The van der Waals surface area contributed by atoms with Crippen LogP contribution in [-0.4, -0.2) is 62.8 Å². The van der Waals surface area contributed by atoms with Gasteiger partial charge in [-0.1, -0.05) is 0 Å². The fourth-order valence-electron chi connectivity index (χ4n) is 3.28. The van der Waals surface area contributed by atoms with Crippen molar-refractivity contribution >= 4 is 11.0 Å². The second-order valence-corrected chi connectivity index (χ2v) is 6.99. The fraction of sp³-hybridized carbons (Fsp3) is 0.286. The third-order valence-electron chi connectivity index (χ3n) is 4.95. The first-order chi connectivity index (χ1) is 14.4. The molecule has 2 heterocycles. The van der Waals surface area contributed by atoms with E-state index in [1.165, 1.54) is 24.3 Å². The summed E-state index contributed by atoms with van der Waals surface area (Å²) in [6, 6.07) is 11.9. The lowest BCUT2D eigenvalue weighted by atomic mass is 9.99. The molecule has 0 saturated carbocycles. The Kier molecular flexibility index (Phi) is 5.46. The quantitative estimate of drug-likeness (QED) is 0.406. The van der Waals surface area contributed by atoms with Gasteiger partial charge in [0.1, 0.15) is 47.3 Å². The van der Waals surface area contributed by atoms with Gasteiger partial charge in [-0.25, -0.2) is 0 Å². The minimum Gasteiger partial charge on any atom is -0.508 e. The highest BCUT2D eigenvalue weighted by molar-refractivity contribution is 5.80. The molecule has 9 nitrogen and oxygen atoms in total. The first-order valence-electron chi connectivity index (χ1n) is 9.22. The summed E-state index contributed by atoms with van der Waals surface area (Å²) in [6.07, 6.45) is -6.90. The number of hydrogen-bond donors (Lipinski definition) is 5. The largest absolute Gasteiger partial charge is 0.508 e. The van der Waals surface area contributed by atoms with Gasteiger partial charge < -0.3 is 39.4 Å². The van der Waals surface area contributed by atoms with Crippen molar-refractivity contribution in [2.24, 2.45) is 0 Å². The van der Waals surface area contributed by atoms with Crippen molar-refractivity contribution < 1.29 is 39.4 Å². The second kappa shape index (κ2) is 8.05. The highest BCUT2D eigenvalue weighted by Crippen LogP contribution is 2.28. The summed E-state index contributed by atoms with van der Waals surface area (Å²) in [5.74, 6) is 0.549. The van der Waals surface area contributed by atoms with Crippen LogP contribution >= 0.6 is 0 Å². The molecule has 9 heteroatoms. The smallest absolute Gasteiger partial charge is 0.229 e. The van der Waals surface area contributed by atoms with E-state index in [0.717, 1.165) is 0 Å². The minimum absolute atomic E-state index is 0.0222. The van der Waals surface area contributed by atoms with Crippen LogP contribution in [0, 0.1) is 0 Å². The van der Waals surface area contributed by atoms with Crippen molar-refractivity contribution in [1.82, 2.24) is 0 Å². The lowest BCUT2D eigenvalue weighted by Gasteiger charge is -2.39. The molecule has 1 aromatic heterocycles. The standard InChI is InChI=1S/C21H20O9/c22-9-17-18(25)19(26)20(27)21(30-17)28-12-4-1-10(2-5-12)15-8-14(24)13-6-3-11(23)7-16(13)29-15/h1-8,17-23,25-27H,9H2/t17?,18-,19?,20?,21-/m1/s1. The maximum absolute atomic E-state index is 12.3. The second-order valence-electron chi connectivity index (χ2n) is 6.99. The minimum atomic E-state index is -1.54. The molecule has 1 fully saturated rings. The third-order valence-corrected chi connectivity index (χ3v) is 4.95. The van der Waals surface area contributed by atoms with Crippen LogP contribution in [0.15, 0.2) is 57.7 Å². The summed E-state index contributed by atoms with van der Waals surface area (Å²) in [6.45, 7) is -0.555. The Hall–Kier alpha value is -2.95. The average molecular weight is 416 g/mol. The summed E-state index contributed by atoms with van der Waals surface area (Å²) in [4.78, 5) is 12.3. The lowest BCUT2D eigenvalue weighted by Crippen LogP contribution is -2.60. The van der Waals surface area contributed by atoms with Crippen LogP contribution in [0.25, 0.3) is 22.3 Å². The van der Waals surface area contributed by atoms with Gasteiger partial charge in [0.05, 0.1) is 12.0 Å². The summed E-state index contributed by atoms with van der Waals surface area (Å²) >= 11 is 0. The molecule has 158 valence electrons. The number of phenols is 1. The van der Waals surface area contributed by atoms with Gasteiger partial charge >= 0.3 is 0 Å². The molecule has 1 aliphatic heterocycles. The van der Waals surface area contributed by atoms with Gasteiger partial charge in [0, 0.05) is 17.7 Å².